The van der Waals surface area contributed by atoms with Gasteiger partial charge in [-0.1, -0.05) is 0 Å². The molecule has 0 aliphatic carbocycles. The maximum absolute atomic E-state index is 11.3. The molecule has 13 heavy (non-hydrogen) atoms. The van der Waals surface area contributed by atoms with E-state index in [4.69, 9.17) is 4.42 Å². The topological polar surface area (TPSA) is 63.1 Å². The highest BCUT2D eigenvalue weighted by Gasteiger charge is 2.11. The predicted octanol–water partition coefficient (Wildman–Crippen LogP) is 1.70. The fourth-order valence-electron chi connectivity index (χ4n) is 1.13. The van der Waals surface area contributed by atoms with Crippen LogP contribution in [0.3, 0.4) is 0 Å². The van der Waals surface area contributed by atoms with E-state index in [9.17, 15) is 9.59 Å². The number of nitrogens with one attached hydrogen (secondary N) is 1. The van der Waals surface area contributed by atoms with Crippen LogP contribution >= 0.6 is 15.9 Å². The Balaban J connectivity index is 3.04. The quantitative estimate of drug-likeness (QED) is 0.774. The van der Waals surface area contributed by atoms with Crippen molar-refractivity contribution in [3.8, 4) is 0 Å². The first kappa shape index (κ1) is 8.25. The standard InChI is InChI=1S/C8H4BrNO3/c9-5-1-10-8(12)6-4(2-11)3-13-7(5)6/h1-3H,(H,10,12). The summed E-state index contributed by atoms with van der Waals surface area (Å²) in [6, 6.07) is 0. The minimum absolute atomic E-state index is 0.262. The van der Waals surface area contributed by atoms with Gasteiger partial charge >= 0.3 is 0 Å². The third kappa shape index (κ3) is 1.12. The fraction of sp³-hybridized carbons (Fsp3) is 0. The maximum atomic E-state index is 11.3. The number of hydrogen-bond acceptors (Lipinski definition) is 3. The molecule has 4 nitrogen and oxygen atoms in total. The van der Waals surface area contributed by atoms with Gasteiger partial charge in [0.25, 0.3) is 5.56 Å². The van der Waals surface area contributed by atoms with Gasteiger partial charge < -0.3 is 9.40 Å². The minimum atomic E-state index is -0.325. The Bertz CT molecular complexity index is 526. The highest BCUT2D eigenvalue weighted by atomic mass is 79.9. The number of halogens is 1. The van der Waals surface area contributed by atoms with Crippen molar-refractivity contribution >= 4 is 33.2 Å². The molecule has 66 valence electrons. The molecule has 5 heteroatoms. The monoisotopic (exact) mass is 241 g/mol. The van der Waals surface area contributed by atoms with E-state index >= 15 is 0 Å². The second-order valence-corrected chi connectivity index (χ2v) is 3.33. The number of aromatic nitrogens is 1. The van der Waals surface area contributed by atoms with Gasteiger partial charge in [-0.2, -0.15) is 0 Å². The van der Waals surface area contributed by atoms with Crippen LogP contribution in [-0.2, 0) is 0 Å². The fourth-order valence-corrected chi connectivity index (χ4v) is 1.54. The molecule has 0 unspecified atom stereocenters. The number of hydrogen-bond donors (Lipinski definition) is 1. The summed E-state index contributed by atoms with van der Waals surface area (Å²) in [5.74, 6) is 0. The van der Waals surface area contributed by atoms with Gasteiger partial charge in [0, 0.05) is 6.20 Å². The summed E-state index contributed by atoms with van der Waals surface area (Å²) >= 11 is 3.19. The Morgan fingerprint density at radius 1 is 1.54 bits per heavy atom. The number of aldehydes is 1. The molecule has 2 rings (SSSR count). The van der Waals surface area contributed by atoms with Crippen LogP contribution in [0.2, 0.25) is 0 Å². The first-order chi connectivity index (χ1) is 6.24. The molecule has 0 spiro atoms. The largest absolute Gasteiger partial charge is 0.462 e. The van der Waals surface area contributed by atoms with E-state index in [0.717, 1.165) is 0 Å². The molecule has 0 aliphatic heterocycles. The Morgan fingerprint density at radius 2 is 2.31 bits per heavy atom. The van der Waals surface area contributed by atoms with Gasteiger partial charge in [0.1, 0.15) is 6.26 Å². The molecule has 2 heterocycles. The Labute approximate surface area is 80.7 Å². The molecule has 0 bridgehead atoms. The number of carbonyl (C=O) groups is 1. The Morgan fingerprint density at radius 3 is 3.00 bits per heavy atom. The van der Waals surface area contributed by atoms with Gasteiger partial charge in [-0.05, 0) is 15.9 Å². The van der Waals surface area contributed by atoms with E-state index < -0.39 is 0 Å². The summed E-state index contributed by atoms with van der Waals surface area (Å²) in [6.07, 6.45) is 3.33. The molecule has 0 aromatic carbocycles. The lowest BCUT2D eigenvalue weighted by Gasteiger charge is -1.90. The molecule has 0 atom stereocenters. The minimum Gasteiger partial charge on any atom is -0.462 e. The summed E-state index contributed by atoms with van der Waals surface area (Å²) in [5, 5.41) is 0.282. The number of aromatic amines is 1. The van der Waals surface area contributed by atoms with Gasteiger partial charge in [0.15, 0.2) is 11.9 Å². The van der Waals surface area contributed by atoms with Crippen molar-refractivity contribution in [1.82, 2.24) is 4.98 Å². The third-order valence-electron chi connectivity index (χ3n) is 1.72. The lowest BCUT2D eigenvalue weighted by Crippen LogP contribution is -2.05. The van der Waals surface area contributed by atoms with E-state index in [0.29, 0.717) is 16.3 Å². The van der Waals surface area contributed by atoms with Crippen molar-refractivity contribution in [3.05, 3.63) is 32.8 Å². The summed E-state index contributed by atoms with van der Waals surface area (Å²) in [4.78, 5) is 24.3. The summed E-state index contributed by atoms with van der Waals surface area (Å²) < 4.78 is 5.67. The highest BCUT2D eigenvalue weighted by molar-refractivity contribution is 9.10. The lowest BCUT2D eigenvalue weighted by atomic mass is 10.2. The van der Waals surface area contributed by atoms with Gasteiger partial charge in [-0.3, -0.25) is 9.59 Å². The SMILES string of the molecule is O=Cc1coc2c(Br)c[nH]c(=O)c12. The highest BCUT2D eigenvalue weighted by Crippen LogP contribution is 2.23. The summed E-state index contributed by atoms with van der Waals surface area (Å²) in [6.45, 7) is 0. The van der Waals surface area contributed by atoms with Gasteiger partial charge in [-0.15, -0.1) is 0 Å². The van der Waals surface area contributed by atoms with Crippen LogP contribution in [0.25, 0.3) is 11.0 Å². The van der Waals surface area contributed by atoms with Crippen molar-refractivity contribution in [1.29, 1.82) is 0 Å². The molecule has 0 amide bonds. The van der Waals surface area contributed by atoms with Crippen LogP contribution < -0.4 is 5.56 Å². The number of H-pyrrole nitrogens is 1. The zero-order chi connectivity index (χ0) is 9.42. The number of carbonyl (C=O) groups excluding carboxylic acids is 1. The summed E-state index contributed by atoms with van der Waals surface area (Å²) in [5.41, 5.74) is 0.331. The first-order valence-corrected chi connectivity index (χ1v) is 4.27. The van der Waals surface area contributed by atoms with Crippen molar-refractivity contribution in [2.45, 2.75) is 0 Å². The van der Waals surface area contributed by atoms with Crippen molar-refractivity contribution in [2.75, 3.05) is 0 Å². The second kappa shape index (κ2) is 2.85. The molecule has 0 fully saturated rings. The molecule has 0 aliphatic rings. The number of furan rings is 1. The smallest absolute Gasteiger partial charge is 0.259 e. The molecular formula is C8H4BrNO3. The molecule has 0 saturated heterocycles. The van der Waals surface area contributed by atoms with Crippen molar-refractivity contribution in [3.63, 3.8) is 0 Å². The van der Waals surface area contributed by atoms with E-state index in [1.165, 1.54) is 12.5 Å². The van der Waals surface area contributed by atoms with Crippen LogP contribution in [0.5, 0.6) is 0 Å². The van der Waals surface area contributed by atoms with Crippen molar-refractivity contribution < 1.29 is 9.21 Å². The van der Waals surface area contributed by atoms with E-state index in [1.807, 2.05) is 0 Å². The van der Waals surface area contributed by atoms with Crippen LogP contribution in [0.1, 0.15) is 10.4 Å². The number of rotatable bonds is 1. The molecule has 2 aromatic heterocycles. The normalized spacial score (nSPS) is 10.5. The van der Waals surface area contributed by atoms with Crippen molar-refractivity contribution in [2.24, 2.45) is 0 Å². The van der Waals surface area contributed by atoms with Crippen LogP contribution in [0.4, 0.5) is 0 Å². The summed E-state index contributed by atoms with van der Waals surface area (Å²) in [7, 11) is 0. The lowest BCUT2D eigenvalue weighted by molar-refractivity contribution is 0.112. The molecule has 0 saturated carbocycles. The predicted molar refractivity (Wildman–Crippen MR) is 49.9 cm³/mol. The average Bonchev–Trinajstić information content (AvgIpc) is 2.56. The van der Waals surface area contributed by atoms with Gasteiger partial charge in [-0.25, -0.2) is 0 Å². The van der Waals surface area contributed by atoms with Crippen LogP contribution in [0, 0.1) is 0 Å². The second-order valence-electron chi connectivity index (χ2n) is 2.48. The molecule has 1 N–H and O–H groups in total. The van der Waals surface area contributed by atoms with E-state index in [1.54, 1.807) is 0 Å². The Hall–Kier alpha value is -1.36. The number of fused-ring (bicyclic) bond motifs is 1. The van der Waals surface area contributed by atoms with E-state index in [2.05, 4.69) is 20.9 Å². The number of pyridine rings is 1. The van der Waals surface area contributed by atoms with E-state index in [-0.39, 0.29) is 16.5 Å². The third-order valence-corrected chi connectivity index (χ3v) is 2.31. The average molecular weight is 242 g/mol. The zero-order valence-corrected chi connectivity index (χ0v) is 7.92. The van der Waals surface area contributed by atoms with Crippen LogP contribution in [-0.4, -0.2) is 11.3 Å². The molecule has 2 aromatic rings. The first-order valence-electron chi connectivity index (χ1n) is 3.47. The maximum Gasteiger partial charge on any atom is 0.259 e. The van der Waals surface area contributed by atoms with Crippen LogP contribution in [0.15, 0.2) is 26.1 Å². The Kier molecular flexibility index (Phi) is 1.81. The molecular weight excluding hydrogens is 238 g/mol. The zero-order valence-electron chi connectivity index (χ0n) is 6.33. The van der Waals surface area contributed by atoms with Gasteiger partial charge in [0.05, 0.1) is 15.4 Å². The van der Waals surface area contributed by atoms with Gasteiger partial charge in [0.2, 0.25) is 0 Å². The molecule has 0 radical (unpaired) electrons.